The normalized spacial score (nSPS) is 11.8. The minimum atomic E-state index is -4.29. The quantitative estimate of drug-likeness (QED) is 0.158. The number of nitrogens with one attached hydrogen (secondary N) is 1. The first-order valence-electron chi connectivity index (χ1n) is 14.2. The van der Waals surface area contributed by atoms with E-state index in [-0.39, 0.29) is 35.1 Å². The highest BCUT2D eigenvalue weighted by atomic mass is 32.2. The maximum absolute atomic E-state index is 14.3. The highest BCUT2D eigenvalue weighted by Gasteiger charge is 2.34. The SMILES string of the molecule is CCCNC(=O)[C@@H](Cc1ccccc1)N(Cc1ccccc1)C(=O)CN(c1ccc([N+](=O)[O-])cc1)S(=O)(=O)c1ccccc1. The fourth-order valence-electron chi connectivity index (χ4n) is 4.69. The van der Waals surface area contributed by atoms with Crippen LogP contribution in [0.15, 0.2) is 120 Å². The molecule has 2 amide bonds. The van der Waals surface area contributed by atoms with Gasteiger partial charge in [0, 0.05) is 31.6 Å². The summed E-state index contributed by atoms with van der Waals surface area (Å²) in [7, 11) is -4.29. The number of hydrogen-bond acceptors (Lipinski definition) is 6. The van der Waals surface area contributed by atoms with Crippen LogP contribution < -0.4 is 9.62 Å². The van der Waals surface area contributed by atoms with Crippen molar-refractivity contribution in [2.45, 2.75) is 37.2 Å². The van der Waals surface area contributed by atoms with Crippen LogP contribution in [0, 0.1) is 10.1 Å². The molecule has 44 heavy (non-hydrogen) atoms. The Kier molecular flexibility index (Phi) is 10.8. The average molecular weight is 615 g/mol. The maximum Gasteiger partial charge on any atom is 0.269 e. The van der Waals surface area contributed by atoms with E-state index in [0.29, 0.717) is 13.0 Å². The van der Waals surface area contributed by atoms with Gasteiger partial charge in [-0.3, -0.25) is 24.0 Å². The van der Waals surface area contributed by atoms with Crippen molar-refractivity contribution in [3.63, 3.8) is 0 Å². The molecule has 0 aliphatic carbocycles. The van der Waals surface area contributed by atoms with Crippen molar-refractivity contribution in [1.29, 1.82) is 0 Å². The summed E-state index contributed by atoms with van der Waals surface area (Å²) in [4.78, 5) is 40.0. The van der Waals surface area contributed by atoms with Crippen LogP contribution in [0.25, 0.3) is 0 Å². The number of rotatable bonds is 14. The lowest BCUT2D eigenvalue weighted by atomic mass is 10.0. The Morgan fingerprint density at radius 1 is 0.818 bits per heavy atom. The number of nitrogens with zero attached hydrogens (tertiary/aromatic N) is 3. The number of non-ortho nitro benzene ring substituents is 1. The average Bonchev–Trinajstić information content (AvgIpc) is 3.05. The van der Waals surface area contributed by atoms with Crippen LogP contribution in [-0.2, 0) is 32.6 Å². The summed E-state index contributed by atoms with van der Waals surface area (Å²) >= 11 is 0. The van der Waals surface area contributed by atoms with Gasteiger partial charge in [0.05, 0.1) is 15.5 Å². The Morgan fingerprint density at radius 3 is 1.91 bits per heavy atom. The highest BCUT2D eigenvalue weighted by Crippen LogP contribution is 2.27. The topological polar surface area (TPSA) is 130 Å². The number of benzene rings is 4. The number of sulfonamides is 1. The Balaban J connectivity index is 1.78. The Labute approximate surface area is 257 Å². The first-order valence-corrected chi connectivity index (χ1v) is 15.6. The summed E-state index contributed by atoms with van der Waals surface area (Å²) in [6.07, 6.45) is 0.900. The molecule has 4 aromatic carbocycles. The summed E-state index contributed by atoms with van der Waals surface area (Å²) in [6.45, 7) is 1.75. The van der Waals surface area contributed by atoms with E-state index in [1.807, 2.05) is 67.6 Å². The molecule has 0 spiro atoms. The van der Waals surface area contributed by atoms with Gasteiger partial charge in [0.15, 0.2) is 0 Å². The van der Waals surface area contributed by atoms with Gasteiger partial charge in [-0.15, -0.1) is 0 Å². The predicted molar refractivity (Wildman–Crippen MR) is 168 cm³/mol. The second-order valence-electron chi connectivity index (χ2n) is 10.1. The van der Waals surface area contributed by atoms with E-state index in [1.54, 1.807) is 18.2 Å². The molecule has 0 aromatic heterocycles. The summed E-state index contributed by atoms with van der Waals surface area (Å²) < 4.78 is 28.8. The van der Waals surface area contributed by atoms with E-state index >= 15 is 0 Å². The summed E-state index contributed by atoms with van der Waals surface area (Å²) in [6, 6.07) is 30.1. The molecule has 0 bridgehead atoms. The van der Waals surface area contributed by atoms with Crippen LogP contribution in [0.4, 0.5) is 11.4 Å². The number of nitro benzene ring substituents is 1. The number of hydrogen-bond donors (Lipinski definition) is 1. The molecule has 0 fully saturated rings. The smallest absolute Gasteiger partial charge is 0.269 e. The van der Waals surface area contributed by atoms with Gasteiger partial charge in [0.2, 0.25) is 11.8 Å². The third-order valence-corrected chi connectivity index (χ3v) is 8.76. The molecule has 10 nitrogen and oxygen atoms in total. The van der Waals surface area contributed by atoms with Gasteiger partial charge in [-0.25, -0.2) is 8.42 Å². The molecule has 0 saturated carbocycles. The van der Waals surface area contributed by atoms with Crippen molar-refractivity contribution in [3.8, 4) is 0 Å². The minimum Gasteiger partial charge on any atom is -0.354 e. The fraction of sp³-hybridized carbons (Fsp3) is 0.212. The van der Waals surface area contributed by atoms with Gasteiger partial charge in [-0.1, -0.05) is 85.8 Å². The molecule has 0 aliphatic rings. The van der Waals surface area contributed by atoms with Gasteiger partial charge in [-0.2, -0.15) is 0 Å². The second kappa shape index (κ2) is 14.9. The standard InChI is InChI=1S/C33H34N4O6S/c1-2-22-34-33(39)31(23-26-12-6-3-7-13-26)35(24-27-14-8-4-9-15-27)32(38)25-36(28-18-20-29(21-19-28)37(40)41)44(42,43)30-16-10-5-11-17-30/h3-21,31H,2,22-25H2,1H3,(H,34,39)/t31-/m1/s1. The van der Waals surface area contributed by atoms with E-state index in [4.69, 9.17) is 0 Å². The second-order valence-corrected chi connectivity index (χ2v) is 12.0. The zero-order valence-electron chi connectivity index (χ0n) is 24.3. The van der Waals surface area contributed by atoms with Crippen molar-refractivity contribution >= 4 is 33.2 Å². The number of amides is 2. The summed E-state index contributed by atoms with van der Waals surface area (Å²) in [5, 5.41) is 14.2. The lowest BCUT2D eigenvalue weighted by molar-refractivity contribution is -0.384. The van der Waals surface area contributed by atoms with Crippen LogP contribution in [0.1, 0.15) is 24.5 Å². The third-order valence-electron chi connectivity index (χ3n) is 6.97. The van der Waals surface area contributed by atoms with E-state index in [9.17, 15) is 28.1 Å². The van der Waals surface area contributed by atoms with Crippen LogP contribution >= 0.6 is 0 Å². The molecule has 0 saturated heterocycles. The molecule has 0 heterocycles. The first-order chi connectivity index (χ1) is 21.2. The molecule has 4 rings (SSSR count). The number of carbonyl (C=O) groups excluding carboxylic acids is 2. The lowest BCUT2D eigenvalue weighted by Crippen LogP contribution is -2.53. The van der Waals surface area contributed by atoms with Crippen LogP contribution in [0.5, 0.6) is 0 Å². The Bertz CT molecular complexity index is 1650. The molecule has 4 aromatic rings. The molecule has 11 heteroatoms. The zero-order chi connectivity index (χ0) is 31.5. The van der Waals surface area contributed by atoms with Crippen molar-refractivity contribution in [2.75, 3.05) is 17.4 Å². The van der Waals surface area contributed by atoms with E-state index in [1.165, 1.54) is 41.3 Å². The van der Waals surface area contributed by atoms with Gasteiger partial charge < -0.3 is 10.2 Å². The van der Waals surface area contributed by atoms with Crippen molar-refractivity contribution in [1.82, 2.24) is 10.2 Å². The van der Waals surface area contributed by atoms with Crippen LogP contribution in [0.3, 0.4) is 0 Å². The summed E-state index contributed by atoms with van der Waals surface area (Å²) in [5.41, 5.74) is 1.44. The number of nitro groups is 1. The van der Waals surface area contributed by atoms with Crippen molar-refractivity contribution in [3.05, 3.63) is 137 Å². The van der Waals surface area contributed by atoms with Crippen molar-refractivity contribution in [2.24, 2.45) is 0 Å². The lowest BCUT2D eigenvalue weighted by Gasteiger charge is -2.34. The van der Waals surface area contributed by atoms with E-state index in [2.05, 4.69) is 5.32 Å². The Hall–Kier alpha value is -5.03. The largest absolute Gasteiger partial charge is 0.354 e. The molecular formula is C33H34N4O6S. The molecule has 228 valence electrons. The minimum absolute atomic E-state index is 0.0518. The fourth-order valence-corrected chi connectivity index (χ4v) is 6.12. The molecule has 1 N–H and O–H groups in total. The Morgan fingerprint density at radius 2 is 1.36 bits per heavy atom. The van der Waals surface area contributed by atoms with Gasteiger partial charge >= 0.3 is 0 Å². The monoisotopic (exact) mass is 614 g/mol. The van der Waals surface area contributed by atoms with Gasteiger partial charge in [0.25, 0.3) is 15.7 Å². The summed E-state index contributed by atoms with van der Waals surface area (Å²) in [5.74, 6) is -0.966. The molecule has 0 aliphatic heterocycles. The van der Waals surface area contributed by atoms with Gasteiger partial charge in [-0.05, 0) is 41.8 Å². The predicted octanol–water partition coefficient (Wildman–Crippen LogP) is 4.96. The molecule has 0 radical (unpaired) electrons. The van der Waals surface area contributed by atoms with Gasteiger partial charge in [0.1, 0.15) is 12.6 Å². The number of carbonyl (C=O) groups is 2. The number of anilines is 1. The third kappa shape index (κ3) is 8.07. The van der Waals surface area contributed by atoms with E-state index in [0.717, 1.165) is 15.4 Å². The first kappa shape index (κ1) is 31.9. The van der Waals surface area contributed by atoms with Crippen LogP contribution in [0.2, 0.25) is 0 Å². The van der Waals surface area contributed by atoms with E-state index < -0.39 is 33.4 Å². The maximum atomic E-state index is 14.3. The van der Waals surface area contributed by atoms with Crippen LogP contribution in [-0.4, -0.2) is 49.2 Å². The zero-order valence-corrected chi connectivity index (χ0v) is 25.1. The molecule has 1 atom stereocenters. The van der Waals surface area contributed by atoms with Crippen molar-refractivity contribution < 1.29 is 22.9 Å². The molecular weight excluding hydrogens is 580 g/mol. The molecule has 0 unspecified atom stereocenters. The highest BCUT2D eigenvalue weighted by molar-refractivity contribution is 7.92.